The van der Waals surface area contributed by atoms with Gasteiger partial charge in [0.1, 0.15) is 11.6 Å². The van der Waals surface area contributed by atoms with E-state index in [1.54, 1.807) is 0 Å². The molecule has 0 saturated heterocycles. The quantitative estimate of drug-likeness (QED) is 0.384. The summed E-state index contributed by atoms with van der Waals surface area (Å²) in [5.74, 6) is -0.0962. The highest BCUT2D eigenvalue weighted by molar-refractivity contribution is 6.06. The fourth-order valence-electron chi connectivity index (χ4n) is 2.83. The number of hydrogen-bond donors (Lipinski definition) is 2. The van der Waals surface area contributed by atoms with Gasteiger partial charge in [0.05, 0.1) is 0 Å². The summed E-state index contributed by atoms with van der Waals surface area (Å²) in [6, 6.07) is 20.0. The first-order valence-corrected chi connectivity index (χ1v) is 9.39. The highest BCUT2D eigenvalue weighted by Crippen LogP contribution is 2.23. The van der Waals surface area contributed by atoms with Gasteiger partial charge in [-0.05, 0) is 42.4 Å². The Morgan fingerprint density at radius 2 is 1.78 bits per heavy atom. The molecular weight excluding hydrogens is 334 g/mol. The third kappa shape index (κ3) is 6.63. The van der Waals surface area contributed by atoms with E-state index < -0.39 is 0 Å². The summed E-state index contributed by atoms with van der Waals surface area (Å²) in [6.07, 6.45) is 4.57. The van der Waals surface area contributed by atoms with E-state index in [1.807, 2.05) is 48.5 Å². The number of hydrogen-bond acceptors (Lipinski definition) is 3. The molecule has 4 heteroatoms. The van der Waals surface area contributed by atoms with Gasteiger partial charge in [-0.25, -0.2) is 0 Å². The van der Waals surface area contributed by atoms with E-state index in [0.717, 1.165) is 37.1 Å². The minimum Gasteiger partial charge on any atom is -0.390 e. The van der Waals surface area contributed by atoms with Gasteiger partial charge in [-0.1, -0.05) is 62.4 Å². The van der Waals surface area contributed by atoms with Crippen LogP contribution in [0.4, 0.5) is 5.69 Å². The van der Waals surface area contributed by atoms with Gasteiger partial charge in [0.2, 0.25) is 0 Å². The molecule has 4 nitrogen and oxygen atoms in total. The van der Waals surface area contributed by atoms with E-state index in [4.69, 9.17) is 0 Å². The minimum atomic E-state index is -0.387. The Bertz CT molecular complexity index is 804. The topological polar surface area (TPSA) is 64.9 Å². The van der Waals surface area contributed by atoms with Crippen molar-refractivity contribution in [1.82, 2.24) is 5.32 Å². The summed E-state index contributed by atoms with van der Waals surface area (Å²) in [5, 5.41) is 15.2. The van der Waals surface area contributed by atoms with Crippen LogP contribution in [0.2, 0.25) is 0 Å². The second-order valence-electron chi connectivity index (χ2n) is 6.76. The maximum absolute atomic E-state index is 12.4. The molecule has 0 radical (unpaired) electrons. The molecule has 0 aliphatic heterocycles. The van der Waals surface area contributed by atoms with Crippen LogP contribution in [0.3, 0.4) is 0 Å². The molecule has 1 amide bonds. The van der Waals surface area contributed by atoms with E-state index in [2.05, 4.69) is 36.6 Å². The van der Waals surface area contributed by atoms with Crippen molar-refractivity contribution in [2.24, 2.45) is 0 Å². The zero-order chi connectivity index (χ0) is 19.5. The lowest BCUT2D eigenvalue weighted by Crippen LogP contribution is -2.18. The maximum Gasteiger partial charge on any atom is 0.267 e. The highest BCUT2D eigenvalue weighted by Gasteiger charge is 2.12. The number of aryl methyl sites for hydroxylation is 1. The molecule has 140 valence electrons. The average molecular weight is 361 g/mol. The first-order chi connectivity index (χ1) is 13.1. The fraction of sp³-hybridized carbons (Fsp3) is 0.304. The molecule has 0 saturated carbocycles. The van der Waals surface area contributed by atoms with Gasteiger partial charge in [-0.2, -0.15) is 5.26 Å². The van der Waals surface area contributed by atoms with Crippen LogP contribution in [-0.4, -0.2) is 12.5 Å². The molecule has 2 aromatic rings. The van der Waals surface area contributed by atoms with E-state index in [9.17, 15) is 10.1 Å². The van der Waals surface area contributed by atoms with Crippen LogP contribution in [-0.2, 0) is 11.2 Å². The summed E-state index contributed by atoms with van der Waals surface area (Å²) >= 11 is 0. The van der Waals surface area contributed by atoms with Gasteiger partial charge in [0.15, 0.2) is 0 Å². The van der Waals surface area contributed by atoms with Crippen LogP contribution in [0, 0.1) is 11.3 Å². The number of carbonyl (C=O) groups excluding carboxylic acids is 1. The van der Waals surface area contributed by atoms with Crippen molar-refractivity contribution >= 4 is 11.6 Å². The summed E-state index contributed by atoms with van der Waals surface area (Å²) in [6.45, 7) is 4.87. The minimum absolute atomic E-state index is 0.0802. The van der Waals surface area contributed by atoms with E-state index in [-0.39, 0.29) is 11.5 Å². The normalized spacial score (nSPS) is 11.1. The van der Waals surface area contributed by atoms with Gasteiger partial charge >= 0.3 is 0 Å². The predicted molar refractivity (Wildman–Crippen MR) is 110 cm³/mol. The van der Waals surface area contributed by atoms with Crippen LogP contribution in [0.1, 0.15) is 43.7 Å². The molecule has 0 bridgehead atoms. The number of rotatable bonds is 9. The van der Waals surface area contributed by atoms with Gasteiger partial charge in [0, 0.05) is 18.4 Å². The third-order valence-corrected chi connectivity index (χ3v) is 4.32. The van der Waals surface area contributed by atoms with E-state index in [0.29, 0.717) is 5.92 Å². The smallest absolute Gasteiger partial charge is 0.267 e. The Labute approximate surface area is 161 Å². The van der Waals surface area contributed by atoms with Gasteiger partial charge in [-0.3, -0.25) is 4.79 Å². The molecule has 0 aromatic heterocycles. The SMILES string of the molecule is CC(C)c1ccccc1NC(=O)/C(C#N)=C\NCCCCc1ccccc1. The standard InChI is InChI=1S/C23H27N3O/c1-18(2)21-13-6-7-14-22(21)26-23(27)20(16-24)17-25-15-9-8-12-19-10-4-3-5-11-19/h3-7,10-11,13-14,17-18,25H,8-9,12,15H2,1-2H3,(H,26,27)/b20-17-. The molecule has 0 heterocycles. The Morgan fingerprint density at radius 3 is 2.48 bits per heavy atom. The summed E-state index contributed by atoms with van der Waals surface area (Å²) < 4.78 is 0. The lowest BCUT2D eigenvalue weighted by Gasteiger charge is -2.13. The van der Waals surface area contributed by atoms with Gasteiger partial charge < -0.3 is 10.6 Å². The summed E-state index contributed by atoms with van der Waals surface area (Å²) in [5.41, 5.74) is 3.21. The van der Waals surface area contributed by atoms with Crippen molar-refractivity contribution in [2.45, 2.75) is 39.0 Å². The van der Waals surface area contributed by atoms with Crippen molar-refractivity contribution < 1.29 is 4.79 Å². The first-order valence-electron chi connectivity index (χ1n) is 9.39. The molecule has 0 fully saturated rings. The highest BCUT2D eigenvalue weighted by atomic mass is 16.1. The Balaban J connectivity index is 1.81. The molecular formula is C23H27N3O. The lowest BCUT2D eigenvalue weighted by atomic mass is 10.0. The number of carbonyl (C=O) groups is 1. The van der Waals surface area contributed by atoms with Crippen LogP contribution < -0.4 is 10.6 Å². The van der Waals surface area contributed by atoms with Gasteiger partial charge in [-0.15, -0.1) is 0 Å². The molecule has 27 heavy (non-hydrogen) atoms. The van der Waals surface area contributed by atoms with Gasteiger partial charge in [0.25, 0.3) is 5.91 Å². The van der Waals surface area contributed by atoms with Crippen LogP contribution in [0.5, 0.6) is 0 Å². The molecule has 0 aliphatic rings. The second-order valence-corrected chi connectivity index (χ2v) is 6.76. The zero-order valence-corrected chi connectivity index (χ0v) is 16.0. The third-order valence-electron chi connectivity index (χ3n) is 4.32. The molecule has 0 atom stereocenters. The monoisotopic (exact) mass is 361 g/mol. The van der Waals surface area contributed by atoms with Crippen LogP contribution >= 0.6 is 0 Å². The number of unbranched alkanes of at least 4 members (excludes halogenated alkanes) is 1. The molecule has 2 rings (SSSR count). The maximum atomic E-state index is 12.4. The Hall–Kier alpha value is -3.06. The van der Waals surface area contributed by atoms with Crippen LogP contribution in [0.25, 0.3) is 0 Å². The van der Waals surface area contributed by atoms with Crippen molar-refractivity contribution in [3.05, 3.63) is 77.5 Å². The molecule has 2 N–H and O–H groups in total. The number of nitriles is 1. The number of benzene rings is 2. The zero-order valence-electron chi connectivity index (χ0n) is 16.0. The van der Waals surface area contributed by atoms with Crippen LogP contribution in [0.15, 0.2) is 66.4 Å². The van der Waals surface area contributed by atoms with Crippen molar-refractivity contribution in [3.8, 4) is 6.07 Å². The van der Waals surface area contributed by atoms with E-state index in [1.165, 1.54) is 11.8 Å². The summed E-state index contributed by atoms with van der Waals surface area (Å²) in [4.78, 5) is 12.4. The predicted octanol–water partition coefficient (Wildman–Crippen LogP) is 4.77. The number of nitrogens with one attached hydrogen (secondary N) is 2. The number of anilines is 1. The molecule has 0 unspecified atom stereocenters. The lowest BCUT2D eigenvalue weighted by molar-refractivity contribution is -0.112. The molecule has 0 aliphatic carbocycles. The van der Waals surface area contributed by atoms with E-state index >= 15 is 0 Å². The van der Waals surface area contributed by atoms with Crippen molar-refractivity contribution in [1.29, 1.82) is 5.26 Å². The summed E-state index contributed by atoms with van der Waals surface area (Å²) in [7, 11) is 0. The number of para-hydroxylation sites is 1. The Kier molecular flexibility index (Phi) is 8.12. The molecule has 0 spiro atoms. The number of amides is 1. The average Bonchev–Trinajstić information content (AvgIpc) is 2.68. The second kappa shape index (κ2) is 10.8. The van der Waals surface area contributed by atoms with Crippen molar-refractivity contribution in [2.75, 3.05) is 11.9 Å². The number of nitrogens with zero attached hydrogens (tertiary/aromatic N) is 1. The Morgan fingerprint density at radius 1 is 1.07 bits per heavy atom. The molecule has 2 aromatic carbocycles. The fourth-order valence-corrected chi connectivity index (χ4v) is 2.83. The first kappa shape index (κ1) is 20.3. The largest absolute Gasteiger partial charge is 0.390 e. The van der Waals surface area contributed by atoms with Crippen molar-refractivity contribution in [3.63, 3.8) is 0 Å².